The number of hydrogen-bond acceptors (Lipinski definition) is 5. The lowest BCUT2D eigenvalue weighted by molar-refractivity contribution is -0.893. The number of aryl methyl sites for hydroxylation is 1. The van der Waals surface area contributed by atoms with E-state index in [9.17, 15) is 9.59 Å². The van der Waals surface area contributed by atoms with Gasteiger partial charge in [-0.15, -0.1) is 0 Å². The summed E-state index contributed by atoms with van der Waals surface area (Å²) in [5.41, 5.74) is 3.49. The van der Waals surface area contributed by atoms with Crippen LogP contribution in [0.5, 0.6) is 5.75 Å². The van der Waals surface area contributed by atoms with Crippen molar-refractivity contribution in [3.8, 4) is 5.75 Å². The molecule has 2 aromatic rings. The molecule has 1 saturated carbocycles. The number of aromatic nitrogens is 1. The number of carbonyl (C=O) groups excluding carboxylic acids is 1. The highest BCUT2D eigenvalue weighted by molar-refractivity contribution is 5.73. The van der Waals surface area contributed by atoms with E-state index in [2.05, 4.69) is 29.1 Å². The molecular weight excluding hydrogens is 442 g/mol. The standard InChI is InChI=1S/C28H35N3O4/c1-31(27(32)21-5-3-2-4-6-21,23-13-17-30(18-14-23)22-11-15-29-16-12-22)26-10-8-20-7-9-24(19-25(20)26)35-28(33)34/h7,9,11-12,15-16,19,21,23,26H,2-6,8,10,13-14,17-18H2,1H3/p+1. The van der Waals surface area contributed by atoms with Gasteiger partial charge in [0.15, 0.2) is 0 Å². The molecule has 1 N–H and O–H groups in total. The molecule has 7 heteroatoms. The Labute approximate surface area is 207 Å². The van der Waals surface area contributed by atoms with Gasteiger partial charge in [0.25, 0.3) is 0 Å². The van der Waals surface area contributed by atoms with Crippen LogP contribution in [0.4, 0.5) is 10.5 Å². The summed E-state index contributed by atoms with van der Waals surface area (Å²) >= 11 is 0. The van der Waals surface area contributed by atoms with Crippen molar-refractivity contribution < 1.29 is 23.9 Å². The van der Waals surface area contributed by atoms with Gasteiger partial charge in [0.05, 0.1) is 19.0 Å². The van der Waals surface area contributed by atoms with Gasteiger partial charge in [-0.05, 0) is 49.1 Å². The first-order valence-corrected chi connectivity index (χ1v) is 13.1. The maximum atomic E-state index is 14.4. The van der Waals surface area contributed by atoms with E-state index in [-0.39, 0.29) is 18.0 Å². The number of carbonyl (C=O) groups is 2. The minimum Gasteiger partial charge on any atom is -0.449 e. The van der Waals surface area contributed by atoms with Gasteiger partial charge in [0.2, 0.25) is 0 Å². The Hall–Kier alpha value is -2.93. The van der Waals surface area contributed by atoms with Gasteiger partial charge in [-0.2, -0.15) is 0 Å². The van der Waals surface area contributed by atoms with Gasteiger partial charge in [-0.3, -0.25) is 9.47 Å². The lowest BCUT2D eigenvalue weighted by atomic mass is 9.85. The van der Waals surface area contributed by atoms with Crippen LogP contribution < -0.4 is 9.64 Å². The Morgan fingerprint density at radius 3 is 2.40 bits per heavy atom. The monoisotopic (exact) mass is 478 g/mol. The number of ether oxygens (including phenoxy) is 1. The van der Waals surface area contributed by atoms with Crippen LogP contribution in [0, 0.1) is 5.92 Å². The van der Waals surface area contributed by atoms with Crippen molar-refractivity contribution in [3.05, 3.63) is 53.9 Å². The maximum Gasteiger partial charge on any atom is 0.511 e. The Bertz CT molecular complexity index is 1060. The molecule has 35 heavy (non-hydrogen) atoms. The zero-order valence-electron chi connectivity index (χ0n) is 20.6. The second-order valence-electron chi connectivity index (χ2n) is 10.5. The molecule has 2 aliphatic carbocycles. The summed E-state index contributed by atoms with van der Waals surface area (Å²) < 4.78 is 5.43. The van der Waals surface area contributed by atoms with Crippen molar-refractivity contribution in [2.45, 2.75) is 69.9 Å². The summed E-state index contributed by atoms with van der Waals surface area (Å²) in [6, 6.07) is 9.97. The van der Waals surface area contributed by atoms with Crippen molar-refractivity contribution in [2.24, 2.45) is 5.92 Å². The van der Waals surface area contributed by atoms with Crippen LogP contribution in [-0.4, -0.2) is 52.8 Å². The van der Waals surface area contributed by atoms with Crippen molar-refractivity contribution in [2.75, 3.05) is 25.0 Å². The number of amides is 1. The molecule has 1 aliphatic heterocycles. The normalized spacial score (nSPS) is 22.9. The van der Waals surface area contributed by atoms with E-state index < -0.39 is 6.16 Å². The van der Waals surface area contributed by atoms with Crippen LogP contribution in [0.25, 0.3) is 0 Å². The number of fused-ring (bicyclic) bond motifs is 1. The maximum absolute atomic E-state index is 14.4. The first-order valence-electron chi connectivity index (χ1n) is 13.1. The molecular formula is C28H36N3O4+. The molecule has 5 rings (SSSR count). The van der Waals surface area contributed by atoms with Crippen LogP contribution in [0.15, 0.2) is 42.7 Å². The summed E-state index contributed by atoms with van der Waals surface area (Å²) in [5, 5.41) is 9.13. The van der Waals surface area contributed by atoms with Crippen molar-refractivity contribution in [1.82, 2.24) is 4.98 Å². The molecule has 0 bridgehead atoms. The number of anilines is 1. The van der Waals surface area contributed by atoms with E-state index >= 15 is 0 Å². The second-order valence-corrected chi connectivity index (χ2v) is 10.5. The summed E-state index contributed by atoms with van der Waals surface area (Å²) in [5.74, 6) is 0.844. The van der Waals surface area contributed by atoms with Crippen LogP contribution in [-0.2, 0) is 11.2 Å². The first kappa shape index (κ1) is 23.8. The van der Waals surface area contributed by atoms with Gasteiger partial charge in [0, 0.05) is 56.0 Å². The molecule has 3 aliphatic rings. The van der Waals surface area contributed by atoms with E-state index in [4.69, 9.17) is 9.84 Å². The third kappa shape index (κ3) is 4.66. The number of piperidine rings is 1. The lowest BCUT2D eigenvalue weighted by Gasteiger charge is -2.48. The van der Waals surface area contributed by atoms with E-state index in [1.165, 1.54) is 17.7 Å². The molecule has 2 atom stereocenters. The van der Waals surface area contributed by atoms with Gasteiger partial charge < -0.3 is 14.7 Å². The zero-order chi connectivity index (χ0) is 24.4. The number of carboxylic acid groups (broad SMARTS) is 1. The van der Waals surface area contributed by atoms with Crippen LogP contribution in [0.1, 0.15) is 68.5 Å². The topological polar surface area (TPSA) is 79.7 Å². The highest BCUT2D eigenvalue weighted by Gasteiger charge is 2.52. The second kappa shape index (κ2) is 9.97. The van der Waals surface area contributed by atoms with Crippen LogP contribution in [0.3, 0.4) is 0 Å². The van der Waals surface area contributed by atoms with Crippen molar-refractivity contribution in [3.63, 3.8) is 0 Å². The SMILES string of the molecule is C[N+](C(=O)C1CCCCC1)(C1CCN(c2ccncc2)CC1)C1CCc2ccc(OC(=O)O)cc21. The fourth-order valence-corrected chi connectivity index (χ4v) is 6.83. The molecule has 0 spiro atoms. The number of hydrogen-bond donors (Lipinski definition) is 1. The summed E-state index contributed by atoms with van der Waals surface area (Å²) in [4.78, 5) is 32.1. The average molecular weight is 479 g/mol. The van der Waals surface area contributed by atoms with E-state index in [0.29, 0.717) is 16.1 Å². The highest BCUT2D eigenvalue weighted by atomic mass is 16.7. The third-order valence-electron chi connectivity index (χ3n) is 8.70. The lowest BCUT2D eigenvalue weighted by Crippen LogP contribution is -2.62. The number of quaternary nitrogens is 1. The molecule has 2 heterocycles. The van der Waals surface area contributed by atoms with Gasteiger partial charge in [-0.1, -0.05) is 25.3 Å². The average Bonchev–Trinajstić information content (AvgIpc) is 3.32. The summed E-state index contributed by atoms with van der Waals surface area (Å²) in [6.07, 6.45) is 11.6. The predicted octanol–water partition coefficient (Wildman–Crippen LogP) is 5.35. The minimum atomic E-state index is -1.31. The quantitative estimate of drug-likeness (QED) is 0.355. The molecule has 7 nitrogen and oxygen atoms in total. The van der Waals surface area contributed by atoms with E-state index in [1.54, 1.807) is 6.07 Å². The van der Waals surface area contributed by atoms with Crippen molar-refractivity contribution >= 4 is 17.7 Å². The first-order chi connectivity index (χ1) is 17.0. The smallest absolute Gasteiger partial charge is 0.449 e. The zero-order valence-corrected chi connectivity index (χ0v) is 20.6. The highest BCUT2D eigenvalue weighted by Crippen LogP contribution is 2.46. The van der Waals surface area contributed by atoms with E-state index in [1.807, 2.05) is 24.5 Å². The number of nitrogens with zero attached hydrogens (tertiary/aromatic N) is 3. The number of rotatable bonds is 5. The fraction of sp³-hybridized carbons (Fsp3) is 0.536. The molecule has 2 unspecified atom stereocenters. The van der Waals surface area contributed by atoms with Gasteiger partial charge in [0.1, 0.15) is 11.8 Å². The van der Waals surface area contributed by atoms with Crippen molar-refractivity contribution in [1.29, 1.82) is 0 Å². The third-order valence-corrected chi connectivity index (χ3v) is 8.70. The molecule has 186 valence electrons. The number of pyridine rings is 1. The van der Waals surface area contributed by atoms with Crippen LogP contribution in [0.2, 0.25) is 0 Å². The molecule has 1 aromatic carbocycles. The van der Waals surface area contributed by atoms with Crippen LogP contribution >= 0.6 is 0 Å². The minimum absolute atomic E-state index is 0.0363. The Balaban J connectivity index is 1.45. The molecule has 2 fully saturated rings. The van der Waals surface area contributed by atoms with Gasteiger partial charge in [-0.25, -0.2) is 9.59 Å². The molecule has 1 amide bonds. The Kier molecular flexibility index (Phi) is 6.78. The Morgan fingerprint density at radius 2 is 1.71 bits per heavy atom. The fourth-order valence-electron chi connectivity index (χ4n) is 6.83. The predicted molar refractivity (Wildman–Crippen MR) is 133 cm³/mol. The number of benzene rings is 1. The molecule has 1 aromatic heterocycles. The Morgan fingerprint density at radius 1 is 1.00 bits per heavy atom. The van der Waals surface area contributed by atoms with E-state index in [0.717, 1.165) is 70.0 Å². The summed E-state index contributed by atoms with van der Waals surface area (Å²) in [6.45, 7) is 1.84. The summed E-state index contributed by atoms with van der Waals surface area (Å²) in [7, 11) is 2.17. The molecule has 0 radical (unpaired) electrons. The van der Waals surface area contributed by atoms with Gasteiger partial charge >= 0.3 is 12.1 Å². The largest absolute Gasteiger partial charge is 0.511 e. The molecule has 1 saturated heterocycles.